The molecule has 1 aliphatic heterocycles. The molecule has 0 amide bonds. The van der Waals surface area contributed by atoms with Crippen molar-refractivity contribution in [3.8, 4) is 23.0 Å². The molecule has 2 aromatic rings. The summed E-state index contributed by atoms with van der Waals surface area (Å²) in [5.74, 6) is 3.89. The van der Waals surface area contributed by atoms with Gasteiger partial charge in [-0.15, -0.1) is 0 Å². The molecule has 4 fully saturated rings. The van der Waals surface area contributed by atoms with Gasteiger partial charge in [0, 0.05) is 0 Å². The van der Waals surface area contributed by atoms with Gasteiger partial charge in [-0.05, 0) is 80.5 Å². The Labute approximate surface area is 195 Å². The molecule has 0 spiro atoms. The predicted molar refractivity (Wildman–Crippen MR) is 124 cm³/mol. The lowest BCUT2D eigenvalue weighted by Gasteiger charge is -2.57. The van der Waals surface area contributed by atoms with Crippen molar-refractivity contribution in [2.24, 2.45) is 17.8 Å². The third-order valence-electron chi connectivity index (χ3n) is 7.69. The molecule has 176 valence electrons. The average Bonchev–Trinajstić information content (AvgIpc) is 2.79. The average molecular weight is 471 g/mol. The van der Waals surface area contributed by atoms with E-state index in [0.717, 1.165) is 19.3 Å². The zero-order valence-electron chi connectivity index (χ0n) is 18.8. The van der Waals surface area contributed by atoms with E-state index >= 15 is 4.57 Å². The minimum atomic E-state index is -3.65. The SMILES string of the molecule is O=P1(C23CC4CC(CC(C4)C2)C3)Oc2ccccc2OCCOCCOc2ccccc2O1. The van der Waals surface area contributed by atoms with Gasteiger partial charge in [0.25, 0.3) is 0 Å². The molecule has 4 aliphatic carbocycles. The van der Waals surface area contributed by atoms with Crippen LogP contribution in [0.1, 0.15) is 38.5 Å². The number of hydrogen-bond donors (Lipinski definition) is 0. The first kappa shape index (κ1) is 21.4. The van der Waals surface area contributed by atoms with Crippen LogP contribution in [0.5, 0.6) is 23.0 Å². The topological polar surface area (TPSA) is 63.2 Å². The Balaban J connectivity index is 1.44. The van der Waals surface area contributed by atoms with Gasteiger partial charge in [-0.3, -0.25) is 0 Å². The Kier molecular flexibility index (Phi) is 5.54. The van der Waals surface area contributed by atoms with Gasteiger partial charge in [-0.2, -0.15) is 0 Å². The molecule has 0 atom stereocenters. The first-order valence-electron chi connectivity index (χ1n) is 12.1. The van der Waals surface area contributed by atoms with Gasteiger partial charge < -0.3 is 23.3 Å². The molecule has 7 heteroatoms. The molecule has 0 radical (unpaired) electrons. The number of benzene rings is 2. The van der Waals surface area contributed by atoms with E-state index in [9.17, 15) is 0 Å². The van der Waals surface area contributed by atoms with Crippen molar-refractivity contribution in [2.75, 3.05) is 26.4 Å². The lowest BCUT2D eigenvalue weighted by Crippen LogP contribution is -2.51. The van der Waals surface area contributed by atoms with Gasteiger partial charge >= 0.3 is 7.60 Å². The minimum absolute atomic E-state index is 0.374. The Morgan fingerprint density at radius 1 is 0.636 bits per heavy atom. The number of rotatable bonds is 1. The predicted octanol–water partition coefficient (Wildman–Crippen LogP) is 6.09. The second-order valence-electron chi connectivity index (χ2n) is 10.0. The summed E-state index contributed by atoms with van der Waals surface area (Å²) in [6.45, 7) is 1.62. The van der Waals surface area contributed by atoms with Crippen LogP contribution in [0.4, 0.5) is 0 Å². The second-order valence-corrected chi connectivity index (χ2v) is 12.3. The lowest BCUT2D eigenvalue weighted by molar-refractivity contribution is 0.0240. The first-order valence-corrected chi connectivity index (χ1v) is 13.7. The summed E-state index contributed by atoms with van der Waals surface area (Å²) in [6.07, 6.45) is 6.44. The number of fused-ring (bicyclic) bond motifs is 2. The van der Waals surface area contributed by atoms with Crippen LogP contribution in [0, 0.1) is 17.8 Å². The van der Waals surface area contributed by atoms with E-state index in [-0.39, 0.29) is 0 Å². The molecule has 2 aromatic carbocycles. The molecule has 7 rings (SSSR count). The number of para-hydroxylation sites is 4. The van der Waals surface area contributed by atoms with Crippen molar-refractivity contribution < 1.29 is 27.8 Å². The summed E-state index contributed by atoms with van der Waals surface area (Å²) in [7, 11) is -3.65. The Bertz CT molecular complexity index is 960. The molecule has 33 heavy (non-hydrogen) atoms. The van der Waals surface area contributed by atoms with E-state index in [2.05, 4.69) is 0 Å². The monoisotopic (exact) mass is 470 g/mol. The molecule has 0 N–H and O–H groups in total. The van der Waals surface area contributed by atoms with Crippen molar-refractivity contribution in [3.63, 3.8) is 0 Å². The summed E-state index contributed by atoms with van der Waals surface area (Å²) in [4.78, 5) is 0. The maximum atomic E-state index is 15.0. The van der Waals surface area contributed by atoms with Crippen LogP contribution in [0.15, 0.2) is 48.5 Å². The highest BCUT2D eigenvalue weighted by Crippen LogP contribution is 2.73. The van der Waals surface area contributed by atoms with E-state index in [1.807, 2.05) is 48.5 Å². The number of hydrogen-bond acceptors (Lipinski definition) is 6. The van der Waals surface area contributed by atoms with Crippen molar-refractivity contribution in [3.05, 3.63) is 48.5 Å². The van der Waals surface area contributed by atoms with E-state index in [4.69, 9.17) is 23.3 Å². The Morgan fingerprint density at radius 2 is 1.06 bits per heavy atom. The maximum absolute atomic E-state index is 15.0. The van der Waals surface area contributed by atoms with Crippen LogP contribution in [0.2, 0.25) is 0 Å². The van der Waals surface area contributed by atoms with E-state index in [0.29, 0.717) is 67.2 Å². The zero-order chi connectivity index (χ0) is 22.3. The maximum Gasteiger partial charge on any atom is 0.437 e. The normalized spacial score (nSPS) is 32.7. The second kappa shape index (κ2) is 8.56. The summed E-state index contributed by atoms with van der Waals surface area (Å²) in [5, 5.41) is -0.470. The van der Waals surface area contributed by atoms with E-state index in [1.54, 1.807) is 0 Å². The van der Waals surface area contributed by atoms with Crippen LogP contribution >= 0.6 is 7.60 Å². The highest BCUT2D eigenvalue weighted by molar-refractivity contribution is 7.56. The summed E-state index contributed by atoms with van der Waals surface area (Å²) in [5.41, 5.74) is 0. The first-order chi connectivity index (χ1) is 16.1. The quantitative estimate of drug-likeness (QED) is 0.470. The van der Waals surface area contributed by atoms with Gasteiger partial charge in [0.2, 0.25) is 0 Å². The fourth-order valence-electron chi connectivity index (χ4n) is 6.68. The van der Waals surface area contributed by atoms with E-state index in [1.165, 1.54) is 19.3 Å². The summed E-state index contributed by atoms with van der Waals surface area (Å²) in [6, 6.07) is 14.9. The van der Waals surface area contributed by atoms with E-state index < -0.39 is 12.8 Å². The van der Waals surface area contributed by atoms with Crippen molar-refractivity contribution in [2.45, 2.75) is 43.7 Å². The fourth-order valence-corrected chi connectivity index (χ4v) is 9.37. The Morgan fingerprint density at radius 3 is 1.52 bits per heavy atom. The summed E-state index contributed by atoms with van der Waals surface area (Å²) >= 11 is 0. The molecule has 4 bridgehead atoms. The minimum Gasteiger partial charge on any atom is -0.487 e. The van der Waals surface area contributed by atoms with Gasteiger partial charge in [-0.25, -0.2) is 4.57 Å². The molecular weight excluding hydrogens is 439 g/mol. The lowest BCUT2D eigenvalue weighted by atomic mass is 9.56. The molecule has 4 saturated carbocycles. The third-order valence-corrected chi connectivity index (χ3v) is 10.3. The van der Waals surface area contributed by atoms with Crippen molar-refractivity contribution in [1.82, 2.24) is 0 Å². The highest BCUT2D eigenvalue weighted by atomic mass is 31.2. The fraction of sp³-hybridized carbons (Fsp3) is 0.538. The van der Waals surface area contributed by atoms with Gasteiger partial charge in [0.15, 0.2) is 23.0 Å². The van der Waals surface area contributed by atoms with Gasteiger partial charge in [0.1, 0.15) is 13.2 Å². The van der Waals surface area contributed by atoms with Gasteiger partial charge in [0.05, 0.1) is 18.4 Å². The van der Waals surface area contributed by atoms with Crippen LogP contribution in [0.3, 0.4) is 0 Å². The largest absolute Gasteiger partial charge is 0.487 e. The van der Waals surface area contributed by atoms with Crippen LogP contribution in [-0.4, -0.2) is 31.6 Å². The van der Waals surface area contributed by atoms with Crippen LogP contribution < -0.4 is 18.5 Å². The standard InChI is InChI=1S/C26H31O6P/c27-33(26-16-19-13-20(17-26)15-21(14-19)18-26)31-24-7-3-1-5-22(24)29-11-9-28-10-12-30-23-6-2-4-8-25(23)32-33/h1-8,19-21H,9-18H2. The molecule has 6 nitrogen and oxygen atoms in total. The third kappa shape index (κ3) is 4.02. The summed E-state index contributed by atoms with van der Waals surface area (Å²) < 4.78 is 45.5. The smallest absolute Gasteiger partial charge is 0.437 e. The number of ether oxygens (including phenoxy) is 3. The molecule has 1 heterocycles. The van der Waals surface area contributed by atoms with Crippen molar-refractivity contribution >= 4 is 7.60 Å². The molecule has 0 aromatic heterocycles. The van der Waals surface area contributed by atoms with Crippen LogP contribution in [-0.2, 0) is 9.30 Å². The molecule has 0 saturated heterocycles. The van der Waals surface area contributed by atoms with Gasteiger partial charge in [-0.1, -0.05) is 24.3 Å². The highest BCUT2D eigenvalue weighted by Gasteiger charge is 2.63. The Hall–Kier alpha value is -2.17. The molecule has 5 aliphatic rings. The van der Waals surface area contributed by atoms with Crippen LogP contribution in [0.25, 0.3) is 0 Å². The molecular formula is C26H31O6P. The molecule has 0 unspecified atom stereocenters. The van der Waals surface area contributed by atoms with Crippen molar-refractivity contribution in [1.29, 1.82) is 0 Å². The zero-order valence-corrected chi connectivity index (χ0v) is 19.7.